The van der Waals surface area contributed by atoms with Gasteiger partial charge in [-0.2, -0.15) is 13.2 Å². The Labute approximate surface area is 74.5 Å². The molecule has 0 aliphatic heterocycles. The van der Waals surface area contributed by atoms with Crippen LogP contribution < -0.4 is 11.1 Å². The van der Waals surface area contributed by atoms with Crippen molar-refractivity contribution in [3.8, 4) is 0 Å². The lowest BCUT2D eigenvalue weighted by Gasteiger charge is -2.19. The minimum atomic E-state index is -4.32. The SMILES string of the molecule is CC(C)[C@H](NCC(F)(F)F)C(N)=O. The largest absolute Gasteiger partial charge is 0.401 e. The molecule has 78 valence electrons. The highest BCUT2D eigenvalue weighted by molar-refractivity contribution is 5.80. The fraction of sp³-hybridized carbons (Fsp3) is 0.857. The van der Waals surface area contributed by atoms with Crippen LogP contribution in [0.2, 0.25) is 0 Å². The van der Waals surface area contributed by atoms with Crippen molar-refractivity contribution < 1.29 is 18.0 Å². The average molecular weight is 198 g/mol. The summed E-state index contributed by atoms with van der Waals surface area (Å²) in [6, 6.07) is -0.929. The average Bonchev–Trinajstić information content (AvgIpc) is 1.82. The highest BCUT2D eigenvalue weighted by Gasteiger charge is 2.30. The van der Waals surface area contributed by atoms with Gasteiger partial charge < -0.3 is 5.73 Å². The molecule has 1 amide bonds. The number of nitrogens with two attached hydrogens (primary N) is 1. The van der Waals surface area contributed by atoms with Crippen molar-refractivity contribution >= 4 is 5.91 Å². The Morgan fingerprint density at radius 1 is 1.46 bits per heavy atom. The molecule has 0 spiro atoms. The number of rotatable bonds is 4. The highest BCUT2D eigenvalue weighted by atomic mass is 19.4. The minimum Gasteiger partial charge on any atom is -0.368 e. The van der Waals surface area contributed by atoms with Crippen LogP contribution in [0.1, 0.15) is 13.8 Å². The molecule has 0 fully saturated rings. The molecular formula is C7H13F3N2O. The molecule has 0 unspecified atom stereocenters. The van der Waals surface area contributed by atoms with Crippen molar-refractivity contribution in [1.82, 2.24) is 5.32 Å². The number of primary amides is 1. The summed E-state index contributed by atoms with van der Waals surface area (Å²) in [5.74, 6) is -1.01. The number of amides is 1. The van der Waals surface area contributed by atoms with Crippen molar-refractivity contribution in [2.45, 2.75) is 26.1 Å². The molecule has 0 saturated carbocycles. The molecule has 3 N–H and O–H groups in total. The summed E-state index contributed by atoms with van der Waals surface area (Å²) in [6.45, 7) is 2.05. The summed E-state index contributed by atoms with van der Waals surface area (Å²) in [4.78, 5) is 10.7. The van der Waals surface area contributed by atoms with Crippen LogP contribution in [0.4, 0.5) is 13.2 Å². The van der Waals surface area contributed by atoms with Gasteiger partial charge in [0.2, 0.25) is 5.91 Å². The first-order valence-electron chi connectivity index (χ1n) is 3.83. The quantitative estimate of drug-likeness (QED) is 0.696. The molecule has 3 nitrogen and oxygen atoms in total. The zero-order chi connectivity index (χ0) is 10.6. The molecule has 0 saturated heterocycles. The summed E-state index contributed by atoms with van der Waals surface area (Å²) >= 11 is 0. The fourth-order valence-corrected chi connectivity index (χ4v) is 0.891. The molecular weight excluding hydrogens is 185 g/mol. The number of halogens is 3. The van der Waals surface area contributed by atoms with E-state index in [1.165, 1.54) is 0 Å². The Balaban J connectivity index is 4.06. The van der Waals surface area contributed by atoms with Crippen LogP contribution in [0.5, 0.6) is 0 Å². The second kappa shape index (κ2) is 4.45. The maximum atomic E-state index is 11.7. The Bertz CT molecular complexity index is 179. The van der Waals surface area contributed by atoms with Gasteiger partial charge in [0.05, 0.1) is 12.6 Å². The van der Waals surface area contributed by atoms with E-state index in [0.717, 1.165) is 0 Å². The van der Waals surface area contributed by atoms with E-state index in [-0.39, 0.29) is 5.92 Å². The van der Waals surface area contributed by atoms with E-state index in [1.807, 2.05) is 0 Å². The maximum Gasteiger partial charge on any atom is 0.401 e. The summed E-state index contributed by atoms with van der Waals surface area (Å²) in [6.07, 6.45) is -4.32. The monoisotopic (exact) mass is 198 g/mol. The van der Waals surface area contributed by atoms with Gasteiger partial charge in [-0.3, -0.25) is 10.1 Å². The number of hydrogen-bond acceptors (Lipinski definition) is 2. The van der Waals surface area contributed by atoms with E-state index in [9.17, 15) is 18.0 Å². The van der Waals surface area contributed by atoms with Gasteiger partial charge in [-0.1, -0.05) is 13.8 Å². The Kier molecular flexibility index (Phi) is 4.19. The van der Waals surface area contributed by atoms with Gasteiger partial charge in [-0.15, -0.1) is 0 Å². The summed E-state index contributed by atoms with van der Waals surface area (Å²) in [5.41, 5.74) is 4.90. The lowest BCUT2D eigenvalue weighted by molar-refractivity contribution is -0.131. The van der Waals surface area contributed by atoms with Crippen molar-refractivity contribution in [2.75, 3.05) is 6.54 Å². The number of hydrogen-bond donors (Lipinski definition) is 2. The van der Waals surface area contributed by atoms with Gasteiger partial charge >= 0.3 is 6.18 Å². The summed E-state index contributed by atoms with van der Waals surface area (Å²) in [7, 11) is 0. The first-order chi connectivity index (χ1) is 5.74. The lowest BCUT2D eigenvalue weighted by Crippen LogP contribution is -2.48. The predicted octanol–water partition coefficient (Wildman–Crippen LogP) is 0.648. The molecule has 0 rings (SSSR count). The van der Waals surface area contributed by atoms with Crippen molar-refractivity contribution in [3.63, 3.8) is 0 Å². The lowest BCUT2D eigenvalue weighted by atomic mass is 10.0. The number of nitrogens with one attached hydrogen (secondary N) is 1. The van der Waals surface area contributed by atoms with Gasteiger partial charge in [0, 0.05) is 0 Å². The molecule has 0 aliphatic rings. The van der Waals surface area contributed by atoms with E-state index in [0.29, 0.717) is 0 Å². The van der Waals surface area contributed by atoms with E-state index in [1.54, 1.807) is 13.8 Å². The third-order valence-electron chi connectivity index (χ3n) is 1.50. The predicted molar refractivity (Wildman–Crippen MR) is 41.9 cm³/mol. The molecule has 0 aromatic heterocycles. The third-order valence-corrected chi connectivity index (χ3v) is 1.50. The smallest absolute Gasteiger partial charge is 0.368 e. The fourth-order valence-electron chi connectivity index (χ4n) is 0.891. The Morgan fingerprint density at radius 2 is 1.92 bits per heavy atom. The molecule has 13 heavy (non-hydrogen) atoms. The highest BCUT2D eigenvalue weighted by Crippen LogP contribution is 2.13. The number of carbonyl (C=O) groups is 1. The van der Waals surface area contributed by atoms with Crippen LogP contribution in [0, 0.1) is 5.92 Å². The Morgan fingerprint density at radius 3 is 2.15 bits per heavy atom. The molecule has 0 aromatic rings. The zero-order valence-electron chi connectivity index (χ0n) is 7.48. The van der Waals surface area contributed by atoms with Crippen LogP contribution in [-0.4, -0.2) is 24.7 Å². The molecule has 0 aromatic carbocycles. The summed E-state index contributed by atoms with van der Waals surface area (Å²) < 4.78 is 35.2. The third kappa shape index (κ3) is 5.46. The minimum absolute atomic E-state index is 0.250. The second-order valence-electron chi connectivity index (χ2n) is 3.12. The topological polar surface area (TPSA) is 55.1 Å². The van der Waals surface area contributed by atoms with Gasteiger partial charge in [-0.05, 0) is 5.92 Å². The van der Waals surface area contributed by atoms with E-state index in [2.05, 4.69) is 5.32 Å². The molecule has 0 bridgehead atoms. The zero-order valence-corrected chi connectivity index (χ0v) is 7.48. The van der Waals surface area contributed by atoms with Crippen LogP contribution in [0.3, 0.4) is 0 Å². The first-order valence-corrected chi connectivity index (χ1v) is 3.83. The standard InChI is InChI=1S/C7H13F3N2O/c1-4(2)5(6(11)13)12-3-7(8,9)10/h4-5,12H,3H2,1-2H3,(H2,11,13)/t5-/m0/s1. The Hall–Kier alpha value is -0.780. The van der Waals surface area contributed by atoms with Crippen molar-refractivity contribution in [2.24, 2.45) is 11.7 Å². The maximum absolute atomic E-state index is 11.7. The second-order valence-corrected chi connectivity index (χ2v) is 3.12. The van der Waals surface area contributed by atoms with Gasteiger partial charge in [0.15, 0.2) is 0 Å². The molecule has 0 heterocycles. The molecule has 6 heteroatoms. The molecule has 0 aliphatic carbocycles. The summed E-state index contributed by atoms with van der Waals surface area (Å²) in [5, 5.41) is 2.06. The van der Waals surface area contributed by atoms with Crippen LogP contribution in [0.25, 0.3) is 0 Å². The van der Waals surface area contributed by atoms with Crippen molar-refractivity contribution in [3.05, 3.63) is 0 Å². The van der Waals surface area contributed by atoms with E-state index >= 15 is 0 Å². The van der Waals surface area contributed by atoms with Gasteiger partial charge in [0.25, 0.3) is 0 Å². The van der Waals surface area contributed by atoms with Crippen LogP contribution in [-0.2, 0) is 4.79 Å². The first kappa shape index (κ1) is 12.2. The van der Waals surface area contributed by atoms with E-state index in [4.69, 9.17) is 5.73 Å². The number of carbonyl (C=O) groups excluding carboxylic acids is 1. The van der Waals surface area contributed by atoms with Crippen LogP contribution >= 0.6 is 0 Å². The normalized spacial score (nSPS) is 14.6. The van der Waals surface area contributed by atoms with Gasteiger partial charge in [0.1, 0.15) is 0 Å². The molecule has 0 radical (unpaired) electrons. The van der Waals surface area contributed by atoms with E-state index < -0.39 is 24.7 Å². The number of alkyl halides is 3. The van der Waals surface area contributed by atoms with Crippen LogP contribution in [0.15, 0.2) is 0 Å². The molecule has 1 atom stereocenters. The van der Waals surface area contributed by atoms with Gasteiger partial charge in [-0.25, -0.2) is 0 Å². The van der Waals surface area contributed by atoms with Crippen molar-refractivity contribution in [1.29, 1.82) is 0 Å².